The number of carboxylic acid groups (broad SMARTS) is 1. The number of hydrogen-bond donors (Lipinski definition) is 1. The van der Waals surface area contributed by atoms with Gasteiger partial charge in [-0.25, -0.2) is 14.0 Å². The van der Waals surface area contributed by atoms with E-state index < -0.39 is 23.0 Å². The van der Waals surface area contributed by atoms with Crippen LogP contribution in [-0.2, 0) is 6.54 Å². The Morgan fingerprint density at radius 2 is 1.73 bits per heavy atom. The quantitative estimate of drug-likeness (QED) is 0.480. The molecule has 9 heteroatoms. The first-order valence-corrected chi connectivity index (χ1v) is 10.3. The van der Waals surface area contributed by atoms with Gasteiger partial charge in [-0.2, -0.15) is 0 Å². The Morgan fingerprint density at radius 3 is 2.36 bits per heavy atom. The molecule has 0 fully saturated rings. The third kappa shape index (κ3) is 4.01. The molecule has 0 saturated heterocycles. The van der Waals surface area contributed by atoms with Crippen LogP contribution in [0.25, 0.3) is 16.7 Å². The Labute approximate surface area is 192 Å². The number of aromatic carboxylic acids is 1. The van der Waals surface area contributed by atoms with Gasteiger partial charge in [-0.3, -0.25) is 13.9 Å². The molecule has 0 atom stereocenters. The molecule has 168 valence electrons. The zero-order valence-electron chi connectivity index (χ0n) is 17.8. The van der Waals surface area contributed by atoms with E-state index in [-0.39, 0.29) is 18.0 Å². The maximum atomic E-state index is 14.8. The summed E-state index contributed by atoms with van der Waals surface area (Å²) in [6, 6.07) is 15.5. The largest absolute Gasteiger partial charge is 0.478 e. The molecule has 0 unspecified atom stereocenters. The second-order valence-corrected chi connectivity index (χ2v) is 8.10. The molecule has 4 rings (SSSR count). The predicted molar refractivity (Wildman–Crippen MR) is 123 cm³/mol. The van der Waals surface area contributed by atoms with E-state index in [1.165, 1.54) is 32.2 Å². The number of rotatable bonds is 5. The maximum Gasteiger partial charge on any atom is 0.338 e. The van der Waals surface area contributed by atoms with Crippen LogP contribution < -0.4 is 5.69 Å². The van der Waals surface area contributed by atoms with Gasteiger partial charge in [-0.05, 0) is 48.5 Å². The number of fused-ring (bicyclic) bond motifs is 1. The number of benzene rings is 3. The minimum atomic E-state index is -1.39. The molecular weight excluding hydrogens is 449 g/mol. The number of carbonyl (C=O) groups excluding carboxylic acids is 1. The van der Waals surface area contributed by atoms with Crippen molar-refractivity contribution in [3.63, 3.8) is 0 Å². The fourth-order valence-electron chi connectivity index (χ4n) is 3.68. The van der Waals surface area contributed by atoms with Gasteiger partial charge in [-0.15, -0.1) is 0 Å². The topological polar surface area (TPSA) is 84.5 Å². The lowest BCUT2D eigenvalue weighted by atomic mass is 10.1. The Hall–Kier alpha value is -3.91. The number of nitrogens with zero attached hydrogens (tertiary/aromatic N) is 3. The fraction of sp³-hybridized carbons (Fsp3) is 0.125. The van der Waals surface area contributed by atoms with E-state index in [2.05, 4.69) is 0 Å². The summed E-state index contributed by atoms with van der Waals surface area (Å²) < 4.78 is 17.5. The minimum Gasteiger partial charge on any atom is -0.478 e. The number of carbonyl (C=O) groups is 2. The SMILES string of the molecule is CN(C)C(=O)c1ccc(-n2c(=O)n(Cc3cccc(C(=O)O)c3F)c3ccc(Cl)cc32)cc1. The second kappa shape index (κ2) is 8.55. The summed E-state index contributed by atoms with van der Waals surface area (Å²) in [5, 5.41) is 9.62. The summed E-state index contributed by atoms with van der Waals surface area (Å²) >= 11 is 6.18. The van der Waals surface area contributed by atoms with Gasteiger partial charge in [0.25, 0.3) is 5.91 Å². The molecule has 0 bridgehead atoms. The van der Waals surface area contributed by atoms with Crippen LogP contribution in [0, 0.1) is 5.82 Å². The second-order valence-electron chi connectivity index (χ2n) is 7.67. The molecule has 0 radical (unpaired) electrons. The van der Waals surface area contributed by atoms with Gasteiger partial charge >= 0.3 is 11.7 Å². The molecule has 0 aliphatic carbocycles. The van der Waals surface area contributed by atoms with E-state index in [1.54, 1.807) is 56.6 Å². The van der Waals surface area contributed by atoms with Gasteiger partial charge in [0.15, 0.2) is 0 Å². The van der Waals surface area contributed by atoms with Crippen molar-refractivity contribution in [2.75, 3.05) is 14.1 Å². The maximum absolute atomic E-state index is 14.8. The van der Waals surface area contributed by atoms with Crippen molar-refractivity contribution < 1.29 is 19.1 Å². The van der Waals surface area contributed by atoms with Crippen molar-refractivity contribution in [2.45, 2.75) is 6.54 Å². The molecule has 33 heavy (non-hydrogen) atoms. The van der Waals surface area contributed by atoms with Crippen LogP contribution >= 0.6 is 11.6 Å². The van der Waals surface area contributed by atoms with E-state index in [0.29, 0.717) is 27.3 Å². The monoisotopic (exact) mass is 467 g/mol. The highest BCUT2D eigenvalue weighted by Crippen LogP contribution is 2.24. The van der Waals surface area contributed by atoms with Crippen molar-refractivity contribution >= 4 is 34.5 Å². The van der Waals surface area contributed by atoms with Crippen LogP contribution in [-0.4, -0.2) is 45.1 Å². The number of hydrogen-bond acceptors (Lipinski definition) is 3. The lowest BCUT2D eigenvalue weighted by Gasteiger charge is -2.11. The average Bonchev–Trinajstić information content (AvgIpc) is 3.04. The molecule has 1 amide bonds. The van der Waals surface area contributed by atoms with Crippen LogP contribution in [0.2, 0.25) is 5.02 Å². The molecule has 3 aromatic carbocycles. The van der Waals surface area contributed by atoms with Crippen molar-refractivity contribution in [2.24, 2.45) is 0 Å². The van der Waals surface area contributed by atoms with E-state index in [0.717, 1.165) is 0 Å². The highest BCUT2D eigenvalue weighted by atomic mass is 35.5. The molecule has 0 spiro atoms. The smallest absolute Gasteiger partial charge is 0.338 e. The average molecular weight is 468 g/mol. The first-order valence-electron chi connectivity index (χ1n) is 9.92. The van der Waals surface area contributed by atoms with Gasteiger partial charge < -0.3 is 10.0 Å². The summed E-state index contributed by atoms with van der Waals surface area (Å²) in [4.78, 5) is 38.4. The lowest BCUT2D eigenvalue weighted by Crippen LogP contribution is -2.24. The highest BCUT2D eigenvalue weighted by Gasteiger charge is 2.19. The van der Waals surface area contributed by atoms with E-state index >= 15 is 0 Å². The van der Waals surface area contributed by atoms with Gasteiger partial charge in [0.2, 0.25) is 0 Å². The number of aromatic nitrogens is 2. The third-order valence-electron chi connectivity index (χ3n) is 5.31. The Morgan fingerprint density at radius 1 is 1.03 bits per heavy atom. The van der Waals surface area contributed by atoms with Gasteiger partial charge in [0.1, 0.15) is 5.82 Å². The summed E-state index contributed by atoms with van der Waals surface area (Å²) in [5.74, 6) is -2.45. The third-order valence-corrected chi connectivity index (χ3v) is 5.54. The first kappa shape index (κ1) is 22.3. The molecule has 0 aliphatic rings. The lowest BCUT2D eigenvalue weighted by molar-refractivity contribution is 0.0691. The van der Waals surface area contributed by atoms with Crippen molar-refractivity contribution in [3.05, 3.63) is 98.7 Å². The molecule has 1 aromatic heterocycles. The van der Waals surface area contributed by atoms with E-state index in [4.69, 9.17) is 11.6 Å². The standard InChI is InChI=1S/C24H19ClFN3O4/c1-27(2)22(30)14-6-9-17(10-7-14)29-20-12-16(25)8-11-19(20)28(24(29)33)13-15-4-3-5-18(21(15)26)23(31)32/h3-12H,13H2,1-2H3,(H,31,32). The van der Waals surface area contributed by atoms with Crippen LogP contribution in [0.1, 0.15) is 26.3 Å². The van der Waals surface area contributed by atoms with Crippen molar-refractivity contribution in [3.8, 4) is 5.69 Å². The Bertz CT molecular complexity index is 1460. The number of amides is 1. The summed E-state index contributed by atoms with van der Waals surface area (Å²) in [6.07, 6.45) is 0. The number of imidazole rings is 1. The molecule has 0 saturated carbocycles. The first-order chi connectivity index (χ1) is 15.7. The van der Waals surface area contributed by atoms with Gasteiger partial charge in [0.05, 0.1) is 28.8 Å². The fourth-order valence-corrected chi connectivity index (χ4v) is 3.85. The van der Waals surface area contributed by atoms with Crippen LogP contribution in [0.5, 0.6) is 0 Å². The van der Waals surface area contributed by atoms with Crippen LogP contribution in [0.15, 0.2) is 65.5 Å². The predicted octanol–water partition coefficient (Wildman–Crippen LogP) is 4.03. The molecule has 1 heterocycles. The summed E-state index contributed by atoms with van der Waals surface area (Å²) in [5.41, 5.74) is 1.10. The molecule has 7 nitrogen and oxygen atoms in total. The van der Waals surface area contributed by atoms with E-state index in [1.807, 2.05) is 0 Å². The normalized spacial score (nSPS) is 11.0. The van der Waals surface area contributed by atoms with Crippen LogP contribution in [0.4, 0.5) is 4.39 Å². The molecule has 0 aliphatic heterocycles. The zero-order chi connectivity index (χ0) is 23.9. The van der Waals surface area contributed by atoms with Crippen LogP contribution in [0.3, 0.4) is 0 Å². The zero-order valence-corrected chi connectivity index (χ0v) is 18.5. The summed E-state index contributed by atoms with van der Waals surface area (Å²) in [6.45, 7) is -0.173. The molecule has 1 N–H and O–H groups in total. The highest BCUT2D eigenvalue weighted by molar-refractivity contribution is 6.31. The van der Waals surface area contributed by atoms with Gasteiger partial charge in [0, 0.05) is 30.2 Å². The minimum absolute atomic E-state index is 0.0675. The van der Waals surface area contributed by atoms with Crippen molar-refractivity contribution in [1.29, 1.82) is 0 Å². The Balaban J connectivity index is 1.87. The van der Waals surface area contributed by atoms with Gasteiger partial charge in [-0.1, -0.05) is 23.7 Å². The van der Waals surface area contributed by atoms with Crippen molar-refractivity contribution in [1.82, 2.24) is 14.0 Å². The molecular formula is C24H19ClFN3O4. The molecule has 4 aromatic rings. The number of carboxylic acids is 1. The number of halogens is 2. The Kier molecular flexibility index (Phi) is 5.78. The van der Waals surface area contributed by atoms with E-state index in [9.17, 15) is 23.9 Å². The summed E-state index contributed by atoms with van der Waals surface area (Å²) in [7, 11) is 3.30.